The second-order valence-corrected chi connectivity index (χ2v) is 12.4. The Morgan fingerprint density at radius 3 is 2.54 bits per heavy atom. The molecule has 28 heavy (non-hydrogen) atoms. The van der Waals surface area contributed by atoms with Crippen LogP contribution < -0.4 is 16.5 Å². The molecule has 0 spiro atoms. The molecule has 8 heteroatoms. The van der Waals surface area contributed by atoms with E-state index < -0.39 is 25.3 Å². The number of fused-ring (bicyclic) bond motifs is 1. The van der Waals surface area contributed by atoms with Crippen molar-refractivity contribution < 1.29 is 9.22 Å². The number of nitrogen functional groups attached to an aromatic ring is 1. The fraction of sp³-hybridized carbons (Fsp3) is 0.450. The lowest BCUT2D eigenvalue weighted by atomic mass is 10.1. The molecule has 0 radical (unpaired) electrons. The highest BCUT2D eigenvalue weighted by Gasteiger charge is 2.25. The Kier molecular flexibility index (Phi) is 6.02. The van der Waals surface area contributed by atoms with Gasteiger partial charge in [-0.1, -0.05) is 5.92 Å². The molecule has 0 bridgehead atoms. The monoisotopic (exact) mass is 400 g/mol. The van der Waals surface area contributed by atoms with E-state index in [2.05, 4.69) is 41.8 Å². The first-order valence-electron chi connectivity index (χ1n) is 9.18. The van der Waals surface area contributed by atoms with Gasteiger partial charge in [0, 0.05) is 13.6 Å². The minimum Gasteiger partial charge on any atom is -0.402 e. The fourth-order valence-electron chi connectivity index (χ4n) is 3.07. The van der Waals surface area contributed by atoms with Gasteiger partial charge >= 0.3 is 0 Å². The Morgan fingerprint density at radius 2 is 2.00 bits per heavy atom. The highest BCUT2D eigenvalue weighted by molar-refractivity contribution is 6.69. The maximum atomic E-state index is 12.8. The van der Waals surface area contributed by atoms with E-state index in [0.29, 0.717) is 23.3 Å². The average molecular weight is 401 g/mol. The number of aromatic nitrogens is 2. The van der Waals surface area contributed by atoms with Crippen LogP contribution in [0.4, 0.5) is 5.82 Å². The van der Waals surface area contributed by atoms with Crippen molar-refractivity contribution in [2.75, 3.05) is 12.8 Å². The first kappa shape index (κ1) is 21.7. The van der Waals surface area contributed by atoms with E-state index in [1.807, 2.05) is 20.8 Å². The van der Waals surface area contributed by atoms with Crippen molar-refractivity contribution in [1.29, 1.82) is 0 Å². The minimum absolute atomic E-state index is 0.0675. The number of anilines is 1. The largest absolute Gasteiger partial charge is 0.402 e. The van der Waals surface area contributed by atoms with E-state index in [1.165, 1.54) is 7.05 Å². The summed E-state index contributed by atoms with van der Waals surface area (Å²) in [5.41, 5.74) is 5.92. The molecule has 0 saturated carbocycles. The molecule has 0 aliphatic carbocycles. The summed E-state index contributed by atoms with van der Waals surface area (Å²) in [5, 5.41) is 2.79. The Hall–Kier alpha value is -2.63. The van der Waals surface area contributed by atoms with E-state index in [0.717, 1.165) is 0 Å². The number of nitrogens with two attached hydrogens (primary N) is 1. The Balaban J connectivity index is 2.63. The van der Waals surface area contributed by atoms with Crippen molar-refractivity contribution >= 4 is 31.1 Å². The molecule has 0 aliphatic rings. The molecule has 7 nitrogen and oxygen atoms in total. The molecule has 0 unspecified atom stereocenters. The molecule has 2 heterocycles. The van der Waals surface area contributed by atoms with Crippen molar-refractivity contribution in [3.63, 3.8) is 0 Å². The van der Waals surface area contributed by atoms with Crippen molar-refractivity contribution in [1.82, 2.24) is 14.9 Å². The molecule has 1 amide bonds. The zero-order valence-electron chi connectivity index (χ0n) is 17.6. The van der Waals surface area contributed by atoms with Crippen LogP contribution in [0.5, 0.6) is 0 Å². The van der Waals surface area contributed by atoms with Gasteiger partial charge in [-0.25, -0.2) is 4.98 Å². The first-order valence-corrected chi connectivity index (χ1v) is 12.6. The molecule has 0 aliphatic heterocycles. The second kappa shape index (κ2) is 7.77. The lowest BCUT2D eigenvalue weighted by Gasteiger charge is -2.28. The second-order valence-electron chi connectivity index (χ2n) is 7.96. The van der Waals surface area contributed by atoms with Gasteiger partial charge in [0.15, 0.2) is 8.32 Å². The topological polar surface area (TPSA) is 99.2 Å². The number of nitrogens with one attached hydrogen (secondary N) is 1. The summed E-state index contributed by atoms with van der Waals surface area (Å²) in [6.07, 6.45) is 0. The van der Waals surface area contributed by atoms with Crippen molar-refractivity contribution in [2.45, 2.75) is 52.6 Å². The van der Waals surface area contributed by atoms with Crippen LogP contribution in [0.3, 0.4) is 0 Å². The molecule has 0 fully saturated rings. The third-order valence-corrected chi connectivity index (χ3v) is 5.10. The van der Waals surface area contributed by atoms with Gasteiger partial charge < -0.3 is 20.0 Å². The SMILES string of the molecule is CCn1c(N)c(C(=O)NC)c(=O)c2ccc(C#CC(C)(C)O[Si](C)(C)C)nc21. The van der Waals surface area contributed by atoms with Crippen LogP contribution in [-0.4, -0.2) is 36.4 Å². The third-order valence-electron chi connectivity index (χ3n) is 3.97. The van der Waals surface area contributed by atoms with Crippen LogP contribution in [0.2, 0.25) is 19.6 Å². The van der Waals surface area contributed by atoms with Gasteiger partial charge in [0.05, 0.1) is 5.39 Å². The van der Waals surface area contributed by atoms with Crippen LogP contribution in [-0.2, 0) is 11.0 Å². The maximum Gasteiger partial charge on any atom is 0.258 e. The van der Waals surface area contributed by atoms with Gasteiger partial charge in [0.25, 0.3) is 5.91 Å². The quantitative estimate of drug-likeness (QED) is 0.606. The maximum absolute atomic E-state index is 12.8. The summed E-state index contributed by atoms with van der Waals surface area (Å²) in [6.45, 7) is 12.5. The standard InChI is InChI=1S/C20H28N4O3Si/c1-8-24-17(21)15(19(26)22-4)16(25)14-10-9-13(23-18(14)24)11-12-20(2,3)27-28(5,6)7/h9-10H,8,21H2,1-7H3,(H,22,26). The normalized spacial score (nSPS) is 11.8. The average Bonchev–Trinajstić information content (AvgIpc) is 2.58. The van der Waals surface area contributed by atoms with E-state index in [-0.39, 0.29) is 11.4 Å². The molecule has 2 rings (SSSR count). The number of carbonyl (C=O) groups excluding carboxylic acids is 1. The van der Waals surface area contributed by atoms with Crippen LogP contribution in [0.1, 0.15) is 36.8 Å². The lowest BCUT2D eigenvalue weighted by Crippen LogP contribution is -2.37. The van der Waals surface area contributed by atoms with Crippen molar-refractivity contribution in [3.8, 4) is 11.8 Å². The van der Waals surface area contributed by atoms with Crippen LogP contribution >= 0.6 is 0 Å². The molecule has 0 atom stereocenters. The molecular formula is C20H28N4O3Si. The number of rotatable bonds is 4. The first-order chi connectivity index (χ1) is 12.9. The van der Waals surface area contributed by atoms with Crippen molar-refractivity contribution in [2.24, 2.45) is 0 Å². The van der Waals surface area contributed by atoms with Gasteiger partial charge in [-0.15, -0.1) is 0 Å². The van der Waals surface area contributed by atoms with E-state index >= 15 is 0 Å². The third kappa shape index (κ3) is 4.61. The molecule has 2 aromatic heterocycles. The molecular weight excluding hydrogens is 372 g/mol. The summed E-state index contributed by atoms with van der Waals surface area (Å²) >= 11 is 0. The summed E-state index contributed by atoms with van der Waals surface area (Å²) in [4.78, 5) is 29.4. The number of hydrogen-bond acceptors (Lipinski definition) is 5. The predicted octanol–water partition coefficient (Wildman–Crippen LogP) is 2.34. The number of hydrogen-bond donors (Lipinski definition) is 2. The lowest BCUT2D eigenvalue weighted by molar-refractivity contribution is 0.0962. The Morgan fingerprint density at radius 1 is 1.36 bits per heavy atom. The molecule has 3 N–H and O–H groups in total. The van der Waals surface area contributed by atoms with Gasteiger partial charge in [0.1, 0.15) is 28.3 Å². The van der Waals surface area contributed by atoms with E-state index in [1.54, 1.807) is 16.7 Å². The van der Waals surface area contributed by atoms with Crippen molar-refractivity contribution in [3.05, 3.63) is 33.6 Å². The number of carbonyl (C=O) groups is 1. The van der Waals surface area contributed by atoms with Crippen LogP contribution in [0, 0.1) is 11.8 Å². The van der Waals surface area contributed by atoms with Crippen LogP contribution in [0.15, 0.2) is 16.9 Å². The predicted molar refractivity (Wildman–Crippen MR) is 115 cm³/mol. The zero-order valence-corrected chi connectivity index (χ0v) is 18.6. The highest BCUT2D eigenvalue weighted by Crippen LogP contribution is 2.19. The molecule has 0 aromatic carbocycles. The summed E-state index contributed by atoms with van der Waals surface area (Å²) < 4.78 is 7.74. The molecule has 150 valence electrons. The van der Waals surface area contributed by atoms with Gasteiger partial charge in [-0.2, -0.15) is 0 Å². The molecule has 2 aromatic rings. The highest BCUT2D eigenvalue weighted by atomic mass is 28.4. The number of aryl methyl sites for hydroxylation is 1. The fourth-order valence-corrected chi connectivity index (χ4v) is 4.65. The van der Waals surface area contributed by atoms with Gasteiger partial charge in [-0.05, 0) is 58.5 Å². The smallest absolute Gasteiger partial charge is 0.258 e. The zero-order chi connectivity index (χ0) is 21.3. The number of amides is 1. The van der Waals surface area contributed by atoms with Gasteiger partial charge in [0.2, 0.25) is 5.43 Å². The van der Waals surface area contributed by atoms with E-state index in [9.17, 15) is 9.59 Å². The summed E-state index contributed by atoms with van der Waals surface area (Å²) in [7, 11) is -0.286. The summed E-state index contributed by atoms with van der Waals surface area (Å²) in [5.74, 6) is 5.74. The number of nitrogens with zero attached hydrogens (tertiary/aromatic N) is 2. The van der Waals surface area contributed by atoms with Crippen LogP contribution in [0.25, 0.3) is 11.0 Å². The summed E-state index contributed by atoms with van der Waals surface area (Å²) in [6, 6.07) is 3.31. The van der Waals surface area contributed by atoms with E-state index in [4.69, 9.17) is 10.2 Å². The minimum atomic E-state index is -1.75. The van der Waals surface area contributed by atoms with Gasteiger partial charge in [-0.3, -0.25) is 9.59 Å². The number of pyridine rings is 2. The Labute approximate surface area is 166 Å². The Bertz CT molecular complexity index is 1040. The molecule has 0 saturated heterocycles.